The van der Waals surface area contributed by atoms with Gasteiger partial charge in [0.25, 0.3) is 0 Å². The largest absolute Gasteiger partial charge is 0.308 e. The summed E-state index contributed by atoms with van der Waals surface area (Å²) in [5.74, 6) is 0.931. The zero-order valence-corrected chi connectivity index (χ0v) is 9.57. The number of hydrogen-bond acceptors (Lipinski definition) is 3. The highest BCUT2D eigenvalue weighted by Gasteiger charge is 2.23. The van der Waals surface area contributed by atoms with Crippen LogP contribution in [0.3, 0.4) is 0 Å². The van der Waals surface area contributed by atoms with Crippen molar-refractivity contribution in [3.8, 4) is 0 Å². The molecule has 0 unspecified atom stereocenters. The van der Waals surface area contributed by atoms with Crippen molar-refractivity contribution >= 4 is 5.65 Å². The molecule has 4 nitrogen and oxygen atoms in total. The highest BCUT2D eigenvalue weighted by atomic mass is 15.3. The second-order valence-electron chi connectivity index (χ2n) is 4.33. The fourth-order valence-electron chi connectivity index (χ4n) is 1.53. The molecule has 2 aromatic heterocycles. The zero-order chi connectivity index (χ0) is 11.1. The molecule has 0 radical (unpaired) electrons. The van der Waals surface area contributed by atoms with Gasteiger partial charge in [0.05, 0.1) is 5.54 Å². The maximum absolute atomic E-state index is 4.23. The molecule has 0 aliphatic carbocycles. The average molecular weight is 204 g/mol. The van der Waals surface area contributed by atoms with E-state index in [1.54, 1.807) is 0 Å². The summed E-state index contributed by atoms with van der Waals surface area (Å²) in [5, 5.41) is 11.6. The molecular formula is C11H16N4. The third kappa shape index (κ3) is 1.61. The van der Waals surface area contributed by atoms with E-state index in [9.17, 15) is 0 Å². The summed E-state index contributed by atoms with van der Waals surface area (Å²) >= 11 is 0. The summed E-state index contributed by atoms with van der Waals surface area (Å²) in [6, 6.07) is 4.09. The van der Waals surface area contributed by atoms with Gasteiger partial charge in [0.15, 0.2) is 11.5 Å². The fraction of sp³-hybridized carbons (Fsp3) is 0.455. The van der Waals surface area contributed by atoms with Crippen LogP contribution in [0.25, 0.3) is 5.65 Å². The van der Waals surface area contributed by atoms with Crippen LogP contribution in [0.15, 0.2) is 18.3 Å². The van der Waals surface area contributed by atoms with Crippen LogP contribution in [0.1, 0.15) is 25.2 Å². The molecule has 15 heavy (non-hydrogen) atoms. The lowest BCUT2D eigenvalue weighted by atomic mass is 10.1. The van der Waals surface area contributed by atoms with Crippen LogP contribution in [-0.4, -0.2) is 21.6 Å². The molecule has 0 amide bonds. The van der Waals surface area contributed by atoms with Crippen LogP contribution in [-0.2, 0) is 5.54 Å². The van der Waals surface area contributed by atoms with Crippen LogP contribution < -0.4 is 5.32 Å². The second kappa shape index (κ2) is 3.31. The maximum Gasteiger partial charge on any atom is 0.161 e. The van der Waals surface area contributed by atoms with Gasteiger partial charge in [0, 0.05) is 6.20 Å². The van der Waals surface area contributed by atoms with Crippen molar-refractivity contribution in [1.82, 2.24) is 19.9 Å². The van der Waals surface area contributed by atoms with Crippen molar-refractivity contribution in [2.24, 2.45) is 0 Å². The van der Waals surface area contributed by atoms with E-state index in [-0.39, 0.29) is 5.54 Å². The third-order valence-corrected chi connectivity index (χ3v) is 2.75. The Morgan fingerprint density at radius 3 is 2.73 bits per heavy atom. The summed E-state index contributed by atoms with van der Waals surface area (Å²) in [6.07, 6.45) is 2.01. The lowest BCUT2D eigenvalue weighted by molar-refractivity contribution is 0.413. The monoisotopic (exact) mass is 204 g/mol. The van der Waals surface area contributed by atoms with E-state index < -0.39 is 0 Å². The molecule has 0 aromatic carbocycles. The number of aryl methyl sites for hydroxylation is 1. The highest BCUT2D eigenvalue weighted by molar-refractivity contribution is 5.41. The SMILES string of the molecule is CNC(C)(C)c1nnc2cc(C)ccn12. The molecule has 2 heterocycles. The van der Waals surface area contributed by atoms with Gasteiger partial charge in [-0.3, -0.25) is 4.40 Å². The standard InChI is InChI=1S/C11H16N4/c1-8-5-6-15-9(7-8)13-14-10(15)11(2,3)12-4/h5-7,12H,1-4H3. The van der Waals surface area contributed by atoms with Gasteiger partial charge in [-0.15, -0.1) is 10.2 Å². The molecule has 0 saturated heterocycles. The molecule has 0 saturated carbocycles. The maximum atomic E-state index is 4.23. The first-order valence-electron chi connectivity index (χ1n) is 5.05. The van der Waals surface area contributed by atoms with E-state index in [1.165, 1.54) is 5.56 Å². The quantitative estimate of drug-likeness (QED) is 0.806. The van der Waals surface area contributed by atoms with Crippen molar-refractivity contribution in [3.05, 3.63) is 29.7 Å². The van der Waals surface area contributed by atoms with Gasteiger partial charge in [0.1, 0.15) is 0 Å². The van der Waals surface area contributed by atoms with Crippen molar-refractivity contribution in [2.45, 2.75) is 26.3 Å². The molecule has 2 aromatic rings. The molecule has 80 valence electrons. The molecule has 0 aliphatic heterocycles. The van der Waals surface area contributed by atoms with Crippen LogP contribution in [0.5, 0.6) is 0 Å². The summed E-state index contributed by atoms with van der Waals surface area (Å²) < 4.78 is 2.02. The van der Waals surface area contributed by atoms with Gasteiger partial charge in [-0.2, -0.15) is 0 Å². The smallest absolute Gasteiger partial charge is 0.161 e. The van der Waals surface area contributed by atoms with Crippen LogP contribution >= 0.6 is 0 Å². The predicted octanol–water partition coefficient (Wildman–Crippen LogP) is 1.49. The molecule has 0 bridgehead atoms. The number of fused-ring (bicyclic) bond motifs is 1. The lowest BCUT2D eigenvalue weighted by Gasteiger charge is -2.21. The Hall–Kier alpha value is -1.42. The fourth-order valence-corrected chi connectivity index (χ4v) is 1.53. The summed E-state index contributed by atoms with van der Waals surface area (Å²) in [7, 11) is 1.93. The van der Waals surface area contributed by atoms with Crippen molar-refractivity contribution in [3.63, 3.8) is 0 Å². The Morgan fingerprint density at radius 1 is 1.33 bits per heavy atom. The first-order valence-corrected chi connectivity index (χ1v) is 5.05. The van der Waals surface area contributed by atoms with E-state index >= 15 is 0 Å². The second-order valence-corrected chi connectivity index (χ2v) is 4.33. The van der Waals surface area contributed by atoms with Gasteiger partial charge in [-0.1, -0.05) is 0 Å². The first kappa shape index (κ1) is 10.1. The molecule has 0 spiro atoms. The average Bonchev–Trinajstić information content (AvgIpc) is 2.61. The van der Waals surface area contributed by atoms with E-state index in [1.807, 2.05) is 23.7 Å². The minimum atomic E-state index is -0.172. The normalized spacial score (nSPS) is 12.3. The molecule has 0 aliphatic rings. The van der Waals surface area contributed by atoms with Gasteiger partial charge in [-0.25, -0.2) is 0 Å². The van der Waals surface area contributed by atoms with Crippen molar-refractivity contribution in [1.29, 1.82) is 0 Å². The van der Waals surface area contributed by atoms with E-state index in [2.05, 4.69) is 42.4 Å². The Kier molecular flexibility index (Phi) is 2.23. The number of nitrogens with one attached hydrogen (secondary N) is 1. The number of pyridine rings is 1. The van der Waals surface area contributed by atoms with E-state index in [0.717, 1.165) is 11.5 Å². The summed E-state index contributed by atoms with van der Waals surface area (Å²) in [4.78, 5) is 0. The lowest BCUT2D eigenvalue weighted by Crippen LogP contribution is -2.35. The first-order chi connectivity index (χ1) is 7.04. The zero-order valence-electron chi connectivity index (χ0n) is 9.57. The third-order valence-electron chi connectivity index (χ3n) is 2.75. The minimum absolute atomic E-state index is 0.172. The van der Waals surface area contributed by atoms with Crippen LogP contribution in [0.4, 0.5) is 0 Å². The number of aromatic nitrogens is 3. The molecule has 0 atom stereocenters. The van der Waals surface area contributed by atoms with E-state index in [0.29, 0.717) is 0 Å². The van der Waals surface area contributed by atoms with Crippen LogP contribution in [0, 0.1) is 6.92 Å². The predicted molar refractivity (Wildman–Crippen MR) is 59.8 cm³/mol. The Morgan fingerprint density at radius 2 is 2.07 bits per heavy atom. The molecule has 4 heteroatoms. The van der Waals surface area contributed by atoms with Gasteiger partial charge < -0.3 is 5.32 Å². The van der Waals surface area contributed by atoms with Crippen molar-refractivity contribution < 1.29 is 0 Å². The summed E-state index contributed by atoms with van der Waals surface area (Å²) in [6.45, 7) is 6.23. The molecule has 1 N–H and O–H groups in total. The Labute approximate surface area is 89.3 Å². The van der Waals surface area contributed by atoms with Gasteiger partial charge in [-0.05, 0) is 45.5 Å². The molecule has 0 fully saturated rings. The molecular weight excluding hydrogens is 188 g/mol. The summed E-state index contributed by atoms with van der Waals surface area (Å²) in [5.41, 5.74) is 1.92. The van der Waals surface area contributed by atoms with E-state index in [4.69, 9.17) is 0 Å². The topological polar surface area (TPSA) is 42.2 Å². The highest BCUT2D eigenvalue weighted by Crippen LogP contribution is 2.18. The van der Waals surface area contributed by atoms with Gasteiger partial charge in [0.2, 0.25) is 0 Å². The van der Waals surface area contributed by atoms with Crippen LogP contribution in [0.2, 0.25) is 0 Å². The minimum Gasteiger partial charge on any atom is -0.308 e. The molecule has 2 rings (SSSR count). The number of nitrogens with zero attached hydrogens (tertiary/aromatic N) is 3. The Balaban J connectivity index is 2.64. The van der Waals surface area contributed by atoms with Crippen molar-refractivity contribution in [2.75, 3.05) is 7.05 Å². The number of hydrogen-bond donors (Lipinski definition) is 1. The van der Waals surface area contributed by atoms with Gasteiger partial charge >= 0.3 is 0 Å². The number of rotatable bonds is 2. The Bertz CT molecular complexity index is 484.